The predicted molar refractivity (Wildman–Crippen MR) is 83.6 cm³/mol. The Morgan fingerprint density at radius 1 is 1.52 bits per heavy atom. The zero-order chi connectivity index (χ0) is 15.5. The first-order valence-electron chi connectivity index (χ1n) is 7.22. The van der Waals surface area contributed by atoms with Crippen LogP contribution in [0, 0.1) is 11.8 Å². The number of nitrogens with zero attached hydrogens (tertiary/aromatic N) is 1. The number of piperidine rings is 1. The summed E-state index contributed by atoms with van der Waals surface area (Å²) in [5, 5.41) is 4.65. The van der Waals surface area contributed by atoms with Crippen molar-refractivity contribution in [2.75, 3.05) is 19.6 Å². The van der Waals surface area contributed by atoms with E-state index in [9.17, 15) is 13.2 Å². The molecule has 1 N–H and O–H groups in total. The van der Waals surface area contributed by atoms with Crippen LogP contribution in [0.15, 0.2) is 21.7 Å². The molecule has 2 rings (SSSR count). The first-order chi connectivity index (χ1) is 9.91. The fraction of sp³-hybridized carbons (Fsp3) is 0.643. The molecular weight excluding hydrogens is 308 g/mol. The van der Waals surface area contributed by atoms with E-state index in [4.69, 9.17) is 0 Å². The molecule has 0 unspecified atom stereocenters. The van der Waals surface area contributed by atoms with E-state index in [1.54, 1.807) is 17.5 Å². The fourth-order valence-corrected chi connectivity index (χ4v) is 5.03. The molecule has 7 heteroatoms. The van der Waals surface area contributed by atoms with Crippen LogP contribution >= 0.6 is 11.3 Å². The highest BCUT2D eigenvalue weighted by molar-refractivity contribution is 7.91. The van der Waals surface area contributed by atoms with Gasteiger partial charge in [0.05, 0.1) is 5.92 Å². The number of rotatable bonds is 5. The van der Waals surface area contributed by atoms with Crippen LogP contribution in [-0.2, 0) is 14.8 Å². The Morgan fingerprint density at radius 3 is 2.90 bits per heavy atom. The molecule has 1 aromatic heterocycles. The molecule has 0 saturated carbocycles. The van der Waals surface area contributed by atoms with Gasteiger partial charge in [-0.1, -0.05) is 19.9 Å². The van der Waals surface area contributed by atoms with Crippen molar-refractivity contribution in [1.82, 2.24) is 9.62 Å². The van der Waals surface area contributed by atoms with Crippen molar-refractivity contribution in [3.8, 4) is 0 Å². The molecule has 5 nitrogen and oxygen atoms in total. The van der Waals surface area contributed by atoms with E-state index < -0.39 is 10.0 Å². The molecular formula is C14H22N2O3S2. The summed E-state index contributed by atoms with van der Waals surface area (Å²) in [5.74, 6) is 0.116. The largest absolute Gasteiger partial charge is 0.356 e. The first-order valence-corrected chi connectivity index (χ1v) is 9.54. The lowest BCUT2D eigenvalue weighted by Gasteiger charge is -2.30. The van der Waals surface area contributed by atoms with Gasteiger partial charge in [-0.3, -0.25) is 4.79 Å². The Balaban J connectivity index is 2.02. The Hall–Kier alpha value is -0.920. The number of amides is 1. The average molecular weight is 330 g/mol. The van der Waals surface area contributed by atoms with Gasteiger partial charge >= 0.3 is 0 Å². The smallest absolute Gasteiger partial charge is 0.252 e. The number of carbonyl (C=O) groups excluding carboxylic acids is 1. The molecule has 1 saturated heterocycles. The quantitative estimate of drug-likeness (QED) is 0.897. The molecule has 0 aliphatic carbocycles. The number of nitrogens with one attached hydrogen (secondary N) is 1. The highest BCUT2D eigenvalue weighted by atomic mass is 32.2. The lowest BCUT2D eigenvalue weighted by Crippen LogP contribution is -2.45. The lowest BCUT2D eigenvalue weighted by atomic mass is 9.98. The minimum Gasteiger partial charge on any atom is -0.356 e. The summed E-state index contributed by atoms with van der Waals surface area (Å²) < 4.78 is 26.8. The van der Waals surface area contributed by atoms with Gasteiger partial charge in [0.1, 0.15) is 4.21 Å². The predicted octanol–water partition coefficient (Wildman–Crippen LogP) is 1.92. The molecule has 1 aromatic rings. The van der Waals surface area contributed by atoms with Gasteiger partial charge in [0, 0.05) is 19.6 Å². The minimum absolute atomic E-state index is 0.0326. The second-order valence-electron chi connectivity index (χ2n) is 5.77. The van der Waals surface area contributed by atoms with E-state index in [0.29, 0.717) is 23.2 Å². The molecule has 2 heterocycles. The maximum atomic E-state index is 12.5. The highest BCUT2D eigenvalue weighted by Gasteiger charge is 2.33. The highest BCUT2D eigenvalue weighted by Crippen LogP contribution is 2.26. The monoisotopic (exact) mass is 330 g/mol. The number of sulfonamides is 1. The van der Waals surface area contributed by atoms with Crippen LogP contribution in [0.4, 0.5) is 0 Å². The first kappa shape index (κ1) is 16.5. The van der Waals surface area contributed by atoms with Gasteiger partial charge in [0.15, 0.2) is 0 Å². The van der Waals surface area contributed by atoms with Crippen LogP contribution in [-0.4, -0.2) is 38.3 Å². The summed E-state index contributed by atoms with van der Waals surface area (Å²) in [5.41, 5.74) is 0. The number of thiophene rings is 1. The van der Waals surface area contributed by atoms with Crippen LogP contribution in [0.1, 0.15) is 26.7 Å². The van der Waals surface area contributed by atoms with Gasteiger partial charge in [-0.15, -0.1) is 11.3 Å². The standard InChI is InChI=1S/C14H22N2O3S2/c1-11(2)9-15-14(17)12-5-3-7-16(10-12)21(18,19)13-6-4-8-20-13/h4,6,8,11-12H,3,5,7,9-10H2,1-2H3,(H,15,17)/t12-/m1/s1. The van der Waals surface area contributed by atoms with Gasteiger partial charge < -0.3 is 5.32 Å². The van der Waals surface area contributed by atoms with Gasteiger partial charge in [-0.25, -0.2) is 8.42 Å². The van der Waals surface area contributed by atoms with Crippen molar-refractivity contribution in [1.29, 1.82) is 0 Å². The number of hydrogen-bond donors (Lipinski definition) is 1. The second kappa shape index (κ2) is 6.89. The zero-order valence-corrected chi connectivity index (χ0v) is 14.0. The van der Waals surface area contributed by atoms with Crippen LogP contribution in [0.3, 0.4) is 0 Å². The lowest BCUT2D eigenvalue weighted by molar-refractivity contribution is -0.126. The summed E-state index contributed by atoms with van der Waals surface area (Å²) in [6, 6.07) is 3.34. The molecule has 0 spiro atoms. The summed E-state index contributed by atoms with van der Waals surface area (Å²) in [6.07, 6.45) is 1.48. The van der Waals surface area contributed by atoms with E-state index in [-0.39, 0.29) is 18.4 Å². The fourth-order valence-electron chi connectivity index (χ4n) is 2.36. The van der Waals surface area contributed by atoms with E-state index in [1.807, 2.05) is 13.8 Å². The maximum Gasteiger partial charge on any atom is 0.252 e. The van der Waals surface area contributed by atoms with Crippen molar-refractivity contribution in [2.45, 2.75) is 30.9 Å². The minimum atomic E-state index is -3.44. The van der Waals surface area contributed by atoms with Crippen LogP contribution < -0.4 is 5.32 Å². The SMILES string of the molecule is CC(C)CNC(=O)[C@@H]1CCCN(S(=O)(=O)c2cccs2)C1. The Labute approximate surface area is 130 Å². The van der Waals surface area contributed by atoms with Crippen molar-refractivity contribution in [2.24, 2.45) is 11.8 Å². The molecule has 0 bridgehead atoms. The van der Waals surface area contributed by atoms with Crippen LogP contribution in [0.25, 0.3) is 0 Å². The third-order valence-corrected chi connectivity index (χ3v) is 6.77. The third kappa shape index (κ3) is 4.05. The Kier molecular flexibility index (Phi) is 5.40. The normalized spacial score (nSPS) is 20.6. The molecule has 118 valence electrons. The number of carbonyl (C=O) groups is 1. The maximum absolute atomic E-state index is 12.5. The molecule has 21 heavy (non-hydrogen) atoms. The Morgan fingerprint density at radius 2 is 2.29 bits per heavy atom. The third-order valence-electron chi connectivity index (χ3n) is 3.53. The van der Waals surface area contributed by atoms with Crippen molar-refractivity contribution in [3.05, 3.63) is 17.5 Å². The molecule has 1 amide bonds. The van der Waals surface area contributed by atoms with Gasteiger partial charge in [0.25, 0.3) is 10.0 Å². The Bertz CT molecular complexity index is 567. The molecule has 1 atom stereocenters. The molecule has 0 aromatic carbocycles. The summed E-state index contributed by atoms with van der Waals surface area (Å²) >= 11 is 1.22. The molecule has 1 aliphatic rings. The number of hydrogen-bond acceptors (Lipinski definition) is 4. The van der Waals surface area contributed by atoms with Gasteiger partial charge in [-0.2, -0.15) is 4.31 Å². The van der Waals surface area contributed by atoms with E-state index in [1.165, 1.54) is 15.6 Å². The van der Waals surface area contributed by atoms with Crippen molar-refractivity contribution in [3.63, 3.8) is 0 Å². The zero-order valence-electron chi connectivity index (χ0n) is 12.4. The molecule has 0 radical (unpaired) electrons. The molecule has 1 fully saturated rings. The van der Waals surface area contributed by atoms with Gasteiger partial charge in [0.2, 0.25) is 5.91 Å². The summed E-state index contributed by atoms with van der Waals surface area (Å²) in [4.78, 5) is 12.1. The molecule has 1 aliphatic heterocycles. The van der Waals surface area contributed by atoms with E-state index in [0.717, 1.165) is 12.8 Å². The van der Waals surface area contributed by atoms with E-state index in [2.05, 4.69) is 5.32 Å². The van der Waals surface area contributed by atoms with Crippen LogP contribution in [0.5, 0.6) is 0 Å². The average Bonchev–Trinajstić information content (AvgIpc) is 2.99. The second-order valence-corrected chi connectivity index (χ2v) is 8.89. The summed E-state index contributed by atoms with van der Waals surface area (Å²) in [6.45, 7) is 5.48. The van der Waals surface area contributed by atoms with Crippen LogP contribution in [0.2, 0.25) is 0 Å². The van der Waals surface area contributed by atoms with E-state index >= 15 is 0 Å². The topological polar surface area (TPSA) is 66.5 Å². The van der Waals surface area contributed by atoms with Crippen molar-refractivity contribution < 1.29 is 13.2 Å². The van der Waals surface area contributed by atoms with Crippen molar-refractivity contribution >= 4 is 27.3 Å². The van der Waals surface area contributed by atoms with Gasteiger partial charge in [-0.05, 0) is 30.2 Å². The summed E-state index contributed by atoms with van der Waals surface area (Å²) in [7, 11) is -3.44.